The van der Waals surface area contributed by atoms with Gasteiger partial charge in [0.25, 0.3) is 0 Å². The lowest BCUT2D eigenvalue weighted by Crippen LogP contribution is -2.29. The zero-order valence-electron chi connectivity index (χ0n) is 9.26. The van der Waals surface area contributed by atoms with Crippen molar-refractivity contribution in [2.45, 2.75) is 17.4 Å². The SMILES string of the molecule is O=[N+]([O-])c1ccc(S(=O)(=O)N2CCC(O)C2)cn1. The fraction of sp³-hybridized carbons (Fsp3) is 0.444. The Hall–Kier alpha value is -1.58. The van der Waals surface area contributed by atoms with E-state index in [1.165, 1.54) is 0 Å². The van der Waals surface area contributed by atoms with Crippen LogP contribution in [0.2, 0.25) is 0 Å². The normalized spacial score (nSPS) is 21.1. The maximum atomic E-state index is 12.1. The van der Waals surface area contributed by atoms with Gasteiger partial charge in [0.1, 0.15) is 4.90 Å². The van der Waals surface area contributed by atoms with Gasteiger partial charge in [0.15, 0.2) is 6.20 Å². The van der Waals surface area contributed by atoms with E-state index in [-0.39, 0.29) is 18.0 Å². The summed E-state index contributed by atoms with van der Waals surface area (Å²) in [6, 6.07) is 2.19. The molecular formula is C9H11N3O5S. The maximum Gasteiger partial charge on any atom is 0.363 e. The van der Waals surface area contributed by atoms with Crippen molar-refractivity contribution >= 4 is 15.8 Å². The number of aliphatic hydroxyl groups is 1. The summed E-state index contributed by atoms with van der Waals surface area (Å²) in [4.78, 5) is 13.1. The van der Waals surface area contributed by atoms with Crippen LogP contribution in [0.25, 0.3) is 0 Å². The summed E-state index contributed by atoms with van der Waals surface area (Å²) in [5.74, 6) is -0.407. The molecule has 2 heterocycles. The topological polar surface area (TPSA) is 114 Å². The van der Waals surface area contributed by atoms with Gasteiger partial charge in [0.05, 0.1) is 6.10 Å². The second-order valence-electron chi connectivity index (χ2n) is 3.91. The molecule has 0 aromatic carbocycles. The van der Waals surface area contributed by atoms with Crippen LogP contribution in [0.3, 0.4) is 0 Å². The predicted octanol–water partition coefficient (Wildman–Crippen LogP) is -0.255. The molecule has 1 aliphatic rings. The van der Waals surface area contributed by atoms with Gasteiger partial charge in [-0.25, -0.2) is 8.42 Å². The summed E-state index contributed by atoms with van der Waals surface area (Å²) < 4.78 is 25.3. The van der Waals surface area contributed by atoms with Crippen LogP contribution in [0.4, 0.5) is 5.82 Å². The summed E-state index contributed by atoms with van der Waals surface area (Å²) in [5.41, 5.74) is 0. The smallest absolute Gasteiger partial charge is 0.363 e. The van der Waals surface area contributed by atoms with Crippen molar-refractivity contribution in [3.63, 3.8) is 0 Å². The van der Waals surface area contributed by atoms with Gasteiger partial charge < -0.3 is 15.2 Å². The summed E-state index contributed by atoms with van der Waals surface area (Å²) in [6.45, 7) is 0.278. The third kappa shape index (κ3) is 2.33. The Kier molecular flexibility index (Phi) is 3.28. The Morgan fingerprint density at radius 3 is 2.67 bits per heavy atom. The number of hydrogen-bond acceptors (Lipinski definition) is 6. The minimum absolute atomic E-state index is 0.0410. The van der Waals surface area contributed by atoms with Crippen LogP contribution < -0.4 is 0 Å². The molecule has 0 aliphatic carbocycles. The Morgan fingerprint density at radius 1 is 1.50 bits per heavy atom. The van der Waals surface area contributed by atoms with Gasteiger partial charge in [-0.1, -0.05) is 0 Å². The molecule has 1 N–H and O–H groups in total. The van der Waals surface area contributed by atoms with Crippen LogP contribution in [0, 0.1) is 10.1 Å². The Bertz CT molecular complexity index is 556. The standard InChI is InChI=1S/C9H11N3O5S/c13-7-3-4-11(6-7)18(16,17)8-1-2-9(10-5-8)12(14)15/h1-2,5,7,13H,3-4,6H2. The second kappa shape index (κ2) is 4.59. The van der Waals surface area contributed by atoms with Crippen molar-refractivity contribution in [1.29, 1.82) is 0 Å². The van der Waals surface area contributed by atoms with Gasteiger partial charge in [-0.15, -0.1) is 0 Å². The fourth-order valence-electron chi connectivity index (χ4n) is 1.71. The number of pyridine rings is 1. The van der Waals surface area contributed by atoms with E-state index in [4.69, 9.17) is 0 Å². The van der Waals surface area contributed by atoms with Gasteiger partial charge >= 0.3 is 5.82 Å². The number of aliphatic hydroxyl groups excluding tert-OH is 1. The zero-order chi connectivity index (χ0) is 13.3. The molecule has 0 saturated carbocycles. The lowest BCUT2D eigenvalue weighted by Gasteiger charge is -2.14. The molecule has 2 rings (SSSR count). The van der Waals surface area contributed by atoms with Crippen LogP contribution in [0.5, 0.6) is 0 Å². The molecule has 1 aliphatic heterocycles. The third-order valence-electron chi connectivity index (χ3n) is 2.67. The highest BCUT2D eigenvalue weighted by atomic mass is 32.2. The summed E-state index contributed by atoms with van der Waals surface area (Å²) >= 11 is 0. The molecule has 0 radical (unpaired) electrons. The number of nitrogens with zero attached hydrogens (tertiary/aromatic N) is 3. The van der Waals surface area contributed by atoms with Crippen LogP contribution in [-0.2, 0) is 10.0 Å². The second-order valence-corrected chi connectivity index (χ2v) is 5.85. The first-order valence-corrected chi connectivity index (χ1v) is 6.64. The molecule has 1 aromatic heterocycles. The van der Waals surface area contributed by atoms with E-state index in [0.717, 1.165) is 22.6 Å². The van der Waals surface area contributed by atoms with Gasteiger partial charge in [-0.05, 0) is 22.4 Å². The van der Waals surface area contributed by atoms with Crippen LogP contribution in [0.15, 0.2) is 23.2 Å². The molecule has 9 heteroatoms. The molecule has 1 unspecified atom stereocenters. The average molecular weight is 273 g/mol. The Labute approximate surface area is 103 Å². The number of hydrogen-bond donors (Lipinski definition) is 1. The lowest BCUT2D eigenvalue weighted by molar-refractivity contribution is -0.389. The fourth-order valence-corrected chi connectivity index (χ4v) is 3.15. The summed E-state index contributed by atoms with van der Waals surface area (Å²) in [7, 11) is -3.73. The van der Waals surface area contributed by atoms with Crippen molar-refractivity contribution < 1.29 is 18.4 Å². The maximum absolute atomic E-state index is 12.1. The molecule has 1 aromatic rings. The lowest BCUT2D eigenvalue weighted by atomic mass is 10.3. The highest BCUT2D eigenvalue weighted by molar-refractivity contribution is 7.89. The first-order valence-electron chi connectivity index (χ1n) is 5.20. The van der Waals surface area contributed by atoms with Gasteiger partial charge in [-0.2, -0.15) is 4.31 Å². The minimum atomic E-state index is -3.73. The summed E-state index contributed by atoms with van der Waals surface area (Å²) in [6.07, 6.45) is 0.684. The largest absolute Gasteiger partial charge is 0.392 e. The number of aromatic nitrogens is 1. The summed E-state index contributed by atoms with van der Waals surface area (Å²) in [5, 5.41) is 19.7. The number of sulfonamides is 1. The van der Waals surface area contributed by atoms with Crippen LogP contribution >= 0.6 is 0 Å². The van der Waals surface area contributed by atoms with E-state index in [1.807, 2.05) is 0 Å². The highest BCUT2D eigenvalue weighted by Crippen LogP contribution is 2.21. The van der Waals surface area contributed by atoms with E-state index in [2.05, 4.69) is 4.98 Å². The third-order valence-corrected chi connectivity index (χ3v) is 4.52. The molecule has 1 fully saturated rings. The van der Waals surface area contributed by atoms with E-state index >= 15 is 0 Å². The molecule has 1 saturated heterocycles. The average Bonchev–Trinajstić information content (AvgIpc) is 2.76. The van der Waals surface area contributed by atoms with Crippen molar-refractivity contribution in [2.24, 2.45) is 0 Å². The quantitative estimate of drug-likeness (QED) is 0.599. The Morgan fingerprint density at radius 2 is 2.22 bits per heavy atom. The molecule has 0 bridgehead atoms. The highest BCUT2D eigenvalue weighted by Gasteiger charge is 2.32. The molecule has 0 amide bonds. The molecule has 98 valence electrons. The number of rotatable bonds is 3. The molecule has 18 heavy (non-hydrogen) atoms. The minimum Gasteiger partial charge on any atom is -0.392 e. The first-order chi connectivity index (χ1) is 8.41. The van der Waals surface area contributed by atoms with Gasteiger partial charge in [-0.3, -0.25) is 0 Å². The molecule has 0 spiro atoms. The van der Waals surface area contributed by atoms with E-state index in [1.54, 1.807) is 0 Å². The van der Waals surface area contributed by atoms with Crippen molar-refractivity contribution in [3.05, 3.63) is 28.4 Å². The van der Waals surface area contributed by atoms with Gasteiger partial charge in [0.2, 0.25) is 10.0 Å². The van der Waals surface area contributed by atoms with Crippen molar-refractivity contribution in [2.75, 3.05) is 13.1 Å². The molecular weight excluding hydrogens is 262 g/mol. The zero-order valence-corrected chi connectivity index (χ0v) is 10.1. The first kappa shape index (κ1) is 12.9. The van der Waals surface area contributed by atoms with E-state index in [0.29, 0.717) is 6.42 Å². The van der Waals surface area contributed by atoms with Crippen molar-refractivity contribution in [1.82, 2.24) is 9.29 Å². The molecule has 8 nitrogen and oxygen atoms in total. The van der Waals surface area contributed by atoms with Crippen LogP contribution in [-0.4, -0.2) is 46.9 Å². The van der Waals surface area contributed by atoms with Crippen molar-refractivity contribution in [3.8, 4) is 0 Å². The van der Waals surface area contributed by atoms with Gasteiger partial charge in [0, 0.05) is 19.2 Å². The van der Waals surface area contributed by atoms with E-state index in [9.17, 15) is 23.6 Å². The number of nitro groups is 1. The van der Waals surface area contributed by atoms with Crippen LogP contribution in [0.1, 0.15) is 6.42 Å². The number of β-amino-alcohol motifs (C(OH)–C–C–N with tert-alkyl or cyclic N) is 1. The molecule has 1 atom stereocenters. The van der Waals surface area contributed by atoms with E-state index < -0.39 is 26.9 Å². The Balaban J connectivity index is 2.27. The predicted molar refractivity (Wildman–Crippen MR) is 60.3 cm³/mol. The monoisotopic (exact) mass is 273 g/mol.